The van der Waals surface area contributed by atoms with E-state index >= 15 is 0 Å². The molecular weight excluding hydrogens is 177 g/mol. The molecule has 13 heavy (non-hydrogen) atoms. The molecule has 0 saturated carbocycles. The van der Waals surface area contributed by atoms with E-state index in [9.17, 15) is 14.5 Å². The number of rotatable bonds is 1. The third kappa shape index (κ3) is 1.22. The van der Waals surface area contributed by atoms with Crippen molar-refractivity contribution in [2.24, 2.45) is 0 Å². The Balaban J connectivity index is 2.68. The van der Waals surface area contributed by atoms with Crippen LogP contribution in [0.2, 0.25) is 0 Å². The Morgan fingerprint density at radius 3 is 3.00 bits per heavy atom. The largest absolute Gasteiger partial charge is 0.339 e. The molecule has 0 aliphatic rings. The molecule has 0 radical (unpaired) electrons. The van der Waals surface area contributed by atoms with Gasteiger partial charge in [-0.05, 0) is 18.2 Å². The van der Waals surface area contributed by atoms with Gasteiger partial charge in [-0.1, -0.05) is 0 Å². The molecule has 0 atom stereocenters. The number of nitro groups is 1. The number of hydrogen-bond donors (Lipinski definition) is 0. The topological polar surface area (TPSA) is 61.0 Å². The number of fused-ring (bicyclic) bond motifs is 1. The minimum atomic E-state index is -0.683. The molecule has 0 spiro atoms. The molecule has 2 aromatic rings. The van der Waals surface area contributed by atoms with Crippen LogP contribution in [0, 0.1) is 15.9 Å². The highest BCUT2D eigenvalue weighted by molar-refractivity contribution is 5.77. The van der Waals surface area contributed by atoms with Gasteiger partial charge in [0.1, 0.15) is 12.0 Å². The van der Waals surface area contributed by atoms with Gasteiger partial charge in [0.2, 0.25) is 5.52 Å². The van der Waals surface area contributed by atoms with E-state index in [1.165, 1.54) is 24.4 Å². The van der Waals surface area contributed by atoms with Crippen molar-refractivity contribution in [3.8, 4) is 0 Å². The first-order chi connectivity index (χ1) is 6.16. The maximum Gasteiger partial charge on any atom is 0.210 e. The number of aromatic nitrogens is 2. The third-order valence-corrected chi connectivity index (χ3v) is 1.62. The van der Waals surface area contributed by atoms with Crippen molar-refractivity contribution >= 4 is 10.9 Å². The molecule has 0 bridgehead atoms. The van der Waals surface area contributed by atoms with Crippen molar-refractivity contribution in [1.29, 1.82) is 0 Å². The molecule has 1 heterocycles. The molecule has 0 aliphatic carbocycles. The van der Waals surface area contributed by atoms with Gasteiger partial charge >= 0.3 is 0 Å². The quantitative estimate of drug-likeness (QED) is 0.490. The highest BCUT2D eigenvalue weighted by atomic mass is 19.1. The van der Waals surface area contributed by atoms with E-state index in [1.54, 1.807) is 0 Å². The molecule has 66 valence electrons. The molecule has 0 saturated heterocycles. The van der Waals surface area contributed by atoms with Gasteiger partial charge in [0.15, 0.2) is 0 Å². The van der Waals surface area contributed by atoms with Crippen molar-refractivity contribution in [3.63, 3.8) is 0 Å². The van der Waals surface area contributed by atoms with Gasteiger partial charge in [0.05, 0.1) is 15.5 Å². The highest BCUT2D eigenvalue weighted by Crippen LogP contribution is 2.12. The summed E-state index contributed by atoms with van der Waals surface area (Å²) in [6.45, 7) is 0. The van der Waals surface area contributed by atoms with Crippen molar-refractivity contribution in [2.75, 3.05) is 0 Å². The van der Waals surface area contributed by atoms with Crippen molar-refractivity contribution in [1.82, 2.24) is 9.89 Å². The van der Waals surface area contributed by atoms with Gasteiger partial charge in [-0.3, -0.25) is 0 Å². The summed E-state index contributed by atoms with van der Waals surface area (Å²) < 4.78 is 12.6. The average Bonchev–Trinajstić information content (AvgIpc) is 2.46. The lowest BCUT2D eigenvalue weighted by atomic mass is 10.2. The maximum absolute atomic E-state index is 12.6. The Morgan fingerprint density at radius 2 is 2.31 bits per heavy atom. The monoisotopic (exact) mass is 181 g/mol. The first-order valence-corrected chi connectivity index (χ1v) is 3.46. The summed E-state index contributed by atoms with van der Waals surface area (Å²) in [6.07, 6.45) is 1.17. The minimum absolute atomic E-state index is 0.401. The third-order valence-electron chi connectivity index (χ3n) is 1.62. The van der Waals surface area contributed by atoms with Crippen LogP contribution in [0.5, 0.6) is 0 Å². The van der Waals surface area contributed by atoms with Crippen LogP contribution >= 0.6 is 0 Å². The maximum atomic E-state index is 12.6. The zero-order valence-corrected chi connectivity index (χ0v) is 6.35. The van der Waals surface area contributed by atoms with Gasteiger partial charge in [-0.15, -0.1) is 0 Å². The molecule has 1 aromatic heterocycles. The Morgan fingerprint density at radius 1 is 1.54 bits per heavy atom. The highest BCUT2D eigenvalue weighted by Gasteiger charge is 2.09. The molecule has 0 N–H and O–H groups in total. The fourth-order valence-electron chi connectivity index (χ4n) is 1.07. The van der Waals surface area contributed by atoms with Crippen molar-refractivity contribution < 1.29 is 9.42 Å². The van der Waals surface area contributed by atoms with Gasteiger partial charge in [-0.2, -0.15) is 0 Å². The minimum Gasteiger partial charge on any atom is -0.339 e. The van der Waals surface area contributed by atoms with Gasteiger partial charge in [0, 0.05) is 4.79 Å². The number of nitrogens with zero attached hydrogens (tertiary/aromatic N) is 3. The predicted octanol–water partition coefficient (Wildman–Crippen LogP) is 1.22. The normalized spacial score (nSPS) is 10.5. The van der Waals surface area contributed by atoms with Gasteiger partial charge in [-0.25, -0.2) is 4.39 Å². The lowest BCUT2D eigenvalue weighted by molar-refractivity contribution is -0.552. The second kappa shape index (κ2) is 2.51. The van der Waals surface area contributed by atoms with Gasteiger partial charge in [0.25, 0.3) is 0 Å². The fraction of sp³-hybridized carbons (Fsp3) is 0. The van der Waals surface area contributed by atoms with Crippen LogP contribution in [0.4, 0.5) is 4.39 Å². The summed E-state index contributed by atoms with van der Waals surface area (Å²) >= 11 is 0. The summed E-state index contributed by atoms with van der Waals surface area (Å²) in [5.41, 5.74) is 0.401. The summed E-state index contributed by atoms with van der Waals surface area (Å²) in [4.78, 5) is 10.8. The Hall–Kier alpha value is -1.98. The molecule has 5 nitrogen and oxygen atoms in total. The molecule has 0 aliphatic heterocycles. The molecule has 6 heteroatoms. The summed E-state index contributed by atoms with van der Waals surface area (Å²) in [7, 11) is 0. The second-order valence-electron chi connectivity index (χ2n) is 2.49. The van der Waals surface area contributed by atoms with Crippen LogP contribution in [0.3, 0.4) is 0 Å². The Bertz CT molecular complexity index is 480. The number of benzene rings is 1. The van der Waals surface area contributed by atoms with Crippen LogP contribution < -0.4 is 0 Å². The van der Waals surface area contributed by atoms with E-state index in [2.05, 4.69) is 5.10 Å². The molecule has 1 aromatic carbocycles. The first kappa shape index (κ1) is 7.66. The second-order valence-corrected chi connectivity index (χ2v) is 2.49. The van der Waals surface area contributed by atoms with E-state index in [1.807, 2.05) is 0 Å². The smallest absolute Gasteiger partial charge is 0.210 e. The molecular formula is C7H4FN3O2. The zero-order chi connectivity index (χ0) is 9.42. The Labute approximate surface area is 71.5 Å². The molecule has 0 unspecified atom stereocenters. The van der Waals surface area contributed by atoms with Gasteiger partial charge < -0.3 is 10.1 Å². The lowest BCUT2D eigenvalue weighted by Gasteiger charge is -1.86. The summed E-state index contributed by atoms with van der Waals surface area (Å²) in [6, 6.07) is 3.80. The van der Waals surface area contributed by atoms with E-state index in [4.69, 9.17) is 0 Å². The van der Waals surface area contributed by atoms with Crippen LogP contribution in [-0.4, -0.2) is 14.9 Å². The van der Waals surface area contributed by atoms with Crippen LogP contribution in [0.1, 0.15) is 0 Å². The van der Waals surface area contributed by atoms with Crippen LogP contribution in [-0.2, 0) is 0 Å². The van der Waals surface area contributed by atoms with Crippen LogP contribution in [0.15, 0.2) is 24.4 Å². The lowest BCUT2D eigenvalue weighted by Crippen LogP contribution is -2.07. The molecule has 2 rings (SSSR count). The van der Waals surface area contributed by atoms with E-state index in [-0.39, 0.29) is 0 Å². The van der Waals surface area contributed by atoms with Crippen LogP contribution in [0.25, 0.3) is 10.9 Å². The zero-order valence-electron chi connectivity index (χ0n) is 6.35. The molecule has 0 fully saturated rings. The standard InChI is InChI=1S/C7H4FN3O2/c8-6-1-2-7-5(3-6)4-10(9-7)11(12)13/h1-4H. The van der Waals surface area contributed by atoms with E-state index in [0.29, 0.717) is 15.7 Å². The summed E-state index contributed by atoms with van der Waals surface area (Å²) in [5.74, 6) is -0.435. The van der Waals surface area contributed by atoms with E-state index < -0.39 is 10.8 Å². The SMILES string of the molecule is O=[N+]([O-])n1cc2cc(F)ccc2n1. The van der Waals surface area contributed by atoms with E-state index in [0.717, 1.165) is 0 Å². The number of hydrogen-bond acceptors (Lipinski definition) is 3. The number of halogens is 1. The average molecular weight is 181 g/mol. The fourth-order valence-corrected chi connectivity index (χ4v) is 1.07. The van der Waals surface area contributed by atoms with Crippen molar-refractivity contribution in [3.05, 3.63) is 40.3 Å². The van der Waals surface area contributed by atoms with Crippen molar-refractivity contribution in [2.45, 2.75) is 0 Å². The first-order valence-electron chi connectivity index (χ1n) is 3.46. The Kier molecular flexibility index (Phi) is 1.48. The predicted molar refractivity (Wildman–Crippen MR) is 42.1 cm³/mol. The summed E-state index contributed by atoms with van der Waals surface area (Å²) in [5, 5.41) is 13.6. The molecule has 0 amide bonds.